The molecule has 0 aliphatic rings. The monoisotopic (exact) mass is 302 g/mol. The fraction of sp³-hybridized carbons (Fsp3) is 0.571. The number of hydrogen-bond acceptors (Lipinski definition) is 3. The fourth-order valence-electron chi connectivity index (χ4n) is 1.78. The molecule has 0 saturated carbocycles. The first-order valence-electron chi connectivity index (χ1n) is 6.81. The van der Waals surface area contributed by atoms with Crippen LogP contribution in [-0.2, 0) is 16.6 Å². The molecule has 0 spiro atoms. The number of sulfonamides is 1. The van der Waals surface area contributed by atoms with Gasteiger partial charge in [0.1, 0.15) is 10.7 Å². The van der Waals surface area contributed by atoms with Crippen LogP contribution in [0.25, 0.3) is 0 Å². The van der Waals surface area contributed by atoms with Crippen molar-refractivity contribution in [2.75, 3.05) is 13.6 Å². The van der Waals surface area contributed by atoms with Gasteiger partial charge in [-0.2, -0.15) is 4.31 Å². The smallest absolute Gasteiger partial charge is 0.245 e. The van der Waals surface area contributed by atoms with Crippen molar-refractivity contribution in [3.05, 3.63) is 29.6 Å². The summed E-state index contributed by atoms with van der Waals surface area (Å²) in [5.41, 5.74) is 0.731. The van der Waals surface area contributed by atoms with E-state index in [0.29, 0.717) is 13.0 Å². The van der Waals surface area contributed by atoms with Crippen molar-refractivity contribution in [2.24, 2.45) is 0 Å². The second kappa shape index (κ2) is 7.15. The van der Waals surface area contributed by atoms with E-state index in [1.807, 2.05) is 13.8 Å². The minimum Gasteiger partial charge on any atom is -0.313 e. The average molecular weight is 302 g/mol. The lowest BCUT2D eigenvalue weighted by Crippen LogP contribution is -2.35. The molecule has 1 aromatic carbocycles. The maximum absolute atomic E-state index is 14.1. The van der Waals surface area contributed by atoms with E-state index >= 15 is 0 Å². The van der Waals surface area contributed by atoms with Crippen molar-refractivity contribution >= 4 is 10.0 Å². The average Bonchev–Trinajstić information content (AvgIpc) is 2.43. The summed E-state index contributed by atoms with van der Waals surface area (Å²) in [5.74, 6) is -0.699. The standard InChI is InChI=1S/C14H23FN2O2S/c1-5-11(3)17(4)20(18,19)14-8-7-12(9-13(14)15)10-16-6-2/h7-9,11,16H,5-6,10H2,1-4H3. The normalized spacial score (nSPS) is 13.7. The molecular formula is C14H23FN2O2S. The Bertz CT molecular complexity index is 546. The summed E-state index contributed by atoms with van der Waals surface area (Å²) in [5, 5.41) is 3.07. The molecule has 0 amide bonds. The zero-order valence-electron chi connectivity index (χ0n) is 12.5. The molecule has 0 heterocycles. The molecule has 1 aromatic rings. The third-order valence-corrected chi connectivity index (χ3v) is 5.45. The molecule has 0 aliphatic heterocycles. The summed E-state index contributed by atoms with van der Waals surface area (Å²) in [6, 6.07) is 4.10. The third-order valence-electron chi connectivity index (χ3n) is 3.44. The van der Waals surface area contributed by atoms with Gasteiger partial charge in [-0.1, -0.05) is 19.9 Å². The Morgan fingerprint density at radius 2 is 2.00 bits per heavy atom. The Hall–Kier alpha value is -0.980. The second-order valence-electron chi connectivity index (χ2n) is 4.82. The van der Waals surface area contributed by atoms with Crippen LogP contribution in [0.1, 0.15) is 32.8 Å². The van der Waals surface area contributed by atoms with Gasteiger partial charge in [-0.05, 0) is 37.6 Å². The number of hydrogen-bond donors (Lipinski definition) is 1. The summed E-state index contributed by atoms with van der Waals surface area (Å²) in [6.45, 7) is 6.95. The molecule has 0 fully saturated rings. The lowest BCUT2D eigenvalue weighted by atomic mass is 10.2. The van der Waals surface area contributed by atoms with E-state index in [2.05, 4.69) is 5.32 Å². The predicted octanol–water partition coefficient (Wildman–Crippen LogP) is 2.35. The van der Waals surface area contributed by atoms with Crippen LogP contribution in [0.5, 0.6) is 0 Å². The summed E-state index contributed by atoms with van der Waals surface area (Å²) >= 11 is 0. The number of nitrogens with one attached hydrogen (secondary N) is 1. The highest BCUT2D eigenvalue weighted by molar-refractivity contribution is 7.89. The summed E-state index contributed by atoms with van der Waals surface area (Å²) in [4.78, 5) is -0.263. The summed E-state index contributed by atoms with van der Waals surface area (Å²) < 4.78 is 40.0. The lowest BCUT2D eigenvalue weighted by molar-refractivity contribution is 0.378. The Kier molecular flexibility index (Phi) is 6.10. The van der Waals surface area contributed by atoms with Gasteiger partial charge in [0.2, 0.25) is 10.0 Å². The highest BCUT2D eigenvalue weighted by Crippen LogP contribution is 2.21. The van der Waals surface area contributed by atoms with Gasteiger partial charge in [0, 0.05) is 19.6 Å². The van der Waals surface area contributed by atoms with Gasteiger partial charge in [-0.25, -0.2) is 12.8 Å². The molecule has 114 valence electrons. The van der Waals surface area contributed by atoms with Crippen LogP contribution in [0.2, 0.25) is 0 Å². The Labute approximate surface area is 121 Å². The third kappa shape index (κ3) is 3.77. The maximum atomic E-state index is 14.1. The van der Waals surface area contributed by atoms with Gasteiger partial charge in [-0.3, -0.25) is 0 Å². The predicted molar refractivity (Wildman–Crippen MR) is 78.5 cm³/mol. The van der Waals surface area contributed by atoms with Crippen LogP contribution in [-0.4, -0.2) is 32.4 Å². The minimum atomic E-state index is -3.78. The van der Waals surface area contributed by atoms with Crippen LogP contribution >= 0.6 is 0 Å². The molecular weight excluding hydrogens is 279 g/mol. The van der Waals surface area contributed by atoms with Crippen LogP contribution in [0.3, 0.4) is 0 Å². The van der Waals surface area contributed by atoms with Crippen molar-refractivity contribution < 1.29 is 12.8 Å². The topological polar surface area (TPSA) is 49.4 Å². The van der Waals surface area contributed by atoms with E-state index in [1.165, 1.54) is 23.5 Å². The van der Waals surface area contributed by atoms with Gasteiger partial charge < -0.3 is 5.32 Å². The molecule has 1 rings (SSSR count). The quantitative estimate of drug-likeness (QED) is 0.841. The van der Waals surface area contributed by atoms with E-state index in [-0.39, 0.29) is 10.9 Å². The highest BCUT2D eigenvalue weighted by atomic mass is 32.2. The van der Waals surface area contributed by atoms with E-state index in [9.17, 15) is 12.8 Å². The number of halogens is 1. The van der Waals surface area contributed by atoms with E-state index in [1.54, 1.807) is 13.0 Å². The van der Waals surface area contributed by atoms with Crippen LogP contribution in [0, 0.1) is 5.82 Å². The zero-order valence-corrected chi connectivity index (χ0v) is 13.3. The molecule has 0 aromatic heterocycles. The fourth-order valence-corrected chi connectivity index (χ4v) is 3.26. The van der Waals surface area contributed by atoms with Crippen molar-refractivity contribution in [1.82, 2.24) is 9.62 Å². The first kappa shape index (κ1) is 17.1. The van der Waals surface area contributed by atoms with Crippen molar-refractivity contribution in [1.29, 1.82) is 0 Å². The first-order valence-corrected chi connectivity index (χ1v) is 8.25. The molecule has 1 atom stereocenters. The van der Waals surface area contributed by atoms with Gasteiger partial charge in [0.25, 0.3) is 0 Å². The van der Waals surface area contributed by atoms with E-state index in [4.69, 9.17) is 0 Å². The van der Waals surface area contributed by atoms with Crippen LogP contribution in [0.15, 0.2) is 23.1 Å². The maximum Gasteiger partial charge on any atom is 0.245 e. The zero-order chi connectivity index (χ0) is 15.3. The van der Waals surface area contributed by atoms with Crippen LogP contribution in [0.4, 0.5) is 4.39 Å². The van der Waals surface area contributed by atoms with E-state index in [0.717, 1.165) is 12.1 Å². The Morgan fingerprint density at radius 3 is 2.50 bits per heavy atom. The van der Waals surface area contributed by atoms with Gasteiger partial charge in [0.15, 0.2) is 0 Å². The molecule has 0 bridgehead atoms. The van der Waals surface area contributed by atoms with Gasteiger partial charge >= 0.3 is 0 Å². The number of nitrogens with zero attached hydrogens (tertiary/aromatic N) is 1. The highest BCUT2D eigenvalue weighted by Gasteiger charge is 2.27. The number of rotatable bonds is 7. The van der Waals surface area contributed by atoms with Gasteiger partial charge in [-0.15, -0.1) is 0 Å². The molecule has 1 unspecified atom stereocenters. The molecule has 4 nitrogen and oxygen atoms in total. The SMILES string of the molecule is CCNCc1ccc(S(=O)(=O)N(C)C(C)CC)c(F)c1. The minimum absolute atomic E-state index is 0.166. The Morgan fingerprint density at radius 1 is 1.35 bits per heavy atom. The van der Waals surface area contributed by atoms with Gasteiger partial charge in [0.05, 0.1) is 0 Å². The van der Waals surface area contributed by atoms with E-state index < -0.39 is 15.8 Å². The number of benzene rings is 1. The molecule has 1 N–H and O–H groups in total. The summed E-state index contributed by atoms with van der Waals surface area (Å²) in [6.07, 6.45) is 0.676. The molecule has 0 saturated heterocycles. The largest absolute Gasteiger partial charge is 0.313 e. The van der Waals surface area contributed by atoms with Crippen molar-refractivity contribution in [2.45, 2.75) is 44.7 Å². The molecule has 0 aliphatic carbocycles. The second-order valence-corrected chi connectivity index (χ2v) is 6.79. The van der Waals surface area contributed by atoms with Crippen LogP contribution < -0.4 is 5.32 Å². The molecule has 6 heteroatoms. The lowest BCUT2D eigenvalue weighted by Gasteiger charge is -2.23. The molecule has 0 radical (unpaired) electrons. The summed E-state index contributed by atoms with van der Waals surface area (Å²) in [7, 11) is -2.30. The first-order chi connectivity index (χ1) is 9.34. The van der Waals surface area contributed by atoms with Crippen molar-refractivity contribution in [3.63, 3.8) is 0 Å². The van der Waals surface area contributed by atoms with Crippen molar-refractivity contribution in [3.8, 4) is 0 Å². The molecule has 20 heavy (non-hydrogen) atoms. The Balaban J connectivity index is 3.07.